The van der Waals surface area contributed by atoms with Crippen LogP contribution < -0.4 is 16.4 Å². The average Bonchev–Trinajstić information content (AvgIpc) is 2.14. The van der Waals surface area contributed by atoms with E-state index in [0.29, 0.717) is 25.4 Å². The highest BCUT2D eigenvalue weighted by molar-refractivity contribution is 5.79. The van der Waals surface area contributed by atoms with Gasteiger partial charge in [0.2, 0.25) is 11.8 Å². The zero-order valence-electron chi connectivity index (χ0n) is 8.80. The molecule has 14 heavy (non-hydrogen) atoms. The van der Waals surface area contributed by atoms with E-state index >= 15 is 0 Å². The zero-order chi connectivity index (χ0) is 11.0. The molecule has 0 spiro atoms. The highest BCUT2D eigenvalue weighted by atomic mass is 16.2. The van der Waals surface area contributed by atoms with Crippen molar-refractivity contribution in [3.8, 4) is 0 Å². The monoisotopic (exact) mass is 201 g/mol. The summed E-state index contributed by atoms with van der Waals surface area (Å²) in [7, 11) is 0. The van der Waals surface area contributed by atoms with Gasteiger partial charge in [0.25, 0.3) is 0 Å². The Morgan fingerprint density at radius 2 is 1.86 bits per heavy atom. The lowest BCUT2D eigenvalue weighted by molar-refractivity contribution is -0.121. The molecule has 0 aromatic rings. The van der Waals surface area contributed by atoms with Crippen LogP contribution in [-0.2, 0) is 9.59 Å². The fraction of sp³-hybridized carbons (Fsp3) is 0.778. The molecule has 0 fully saturated rings. The largest absolute Gasteiger partial charge is 0.356 e. The molecule has 0 aromatic heterocycles. The van der Waals surface area contributed by atoms with Crippen molar-refractivity contribution in [1.82, 2.24) is 10.6 Å². The lowest BCUT2D eigenvalue weighted by atomic mass is 10.2. The topological polar surface area (TPSA) is 84.2 Å². The number of nitrogens with two attached hydrogens (primary N) is 1. The minimum absolute atomic E-state index is 0.0341. The van der Waals surface area contributed by atoms with Gasteiger partial charge in [-0.25, -0.2) is 0 Å². The molecule has 0 aliphatic heterocycles. The first-order chi connectivity index (χ1) is 6.56. The zero-order valence-corrected chi connectivity index (χ0v) is 8.80. The molecule has 5 nitrogen and oxygen atoms in total. The van der Waals surface area contributed by atoms with Gasteiger partial charge in [-0.15, -0.1) is 0 Å². The molecule has 0 heterocycles. The lowest BCUT2D eigenvalue weighted by Gasteiger charge is -2.07. The first kappa shape index (κ1) is 12.9. The summed E-state index contributed by atoms with van der Waals surface area (Å²) >= 11 is 0. The third kappa shape index (κ3) is 7.54. The van der Waals surface area contributed by atoms with E-state index in [1.54, 1.807) is 0 Å². The second-order valence-corrected chi connectivity index (χ2v) is 3.50. The van der Waals surface area contributed by atoms with Crippen LogP contribution in [0.4, 0.5) is 0 Å². The van der Waals surface area contributed by atoms with Gasteiger partial charge >= 0.3 is 0 Å². The number of hydrogen-bond acceptors (Lipinski definition) is 3. The Bertz CT molecular complexity index is 192. The molecule has 5 heteroatoms. The summed E-state index contributed by atoms with van der Waals surface area (Å²) in [6.45, 7) is 5.03. The lowest BCUT2D eigenvalue weighted by Crippen LogP contribution is -2.35. The standard InChI is InChI=1S/C9H19N3O2/c1-7(2)6-12-8(13)3-4-11-9(14)5-10/h7H,3-6,10H2,1-2H3,(H,11,14)(H,12,13). The predicted molar refractivity (Wildman–Crippen MR) is 54.5 cm³/mol. The highest BCUT2D eigenvalue weighted by Crippen LogP contribution is 1.87. The van der Waals surface area contributed by atoms with E-state index in [9.17, 15) is 9.59 Å². The molecule has 0 atom stereocenters. The summed E-state index contributed by atoms with van der Waals surface area (Å²) in [6.07, 6.45) is 0.304. The molecule has 0 aliphatic rings. The Morgan fingerprint density at radius 3 is 2.36 bits per heavy atom. The molecular weight excluding hydrogens is 182 g/mol. The van der Waals surface area contributed by atoms with Gasteiger partial charge in [-0.3, -0.25) is 9.59 Å². The molecule has 0 saturated carbocycles. The summed E-state index contributed by atoms with van der Waals surface area (Å²) in [5.41, 5.74) is 5.07. The molecule has 0 rings (SSSR count). The quantitative estimate of drug-likeness (QED) is 0.527. The van der Waals surface area contributed by atoms with Gasteiger partial charge < -0.3 is 16.4 Å². The number of amides is 2. The number of rotatable bonds is 6. The molecule has 2 amide bonds. The van der Waals surface area contributed by atoms with Crippen molar-refractivity contribution < 1.29 is 9.59 Å². The van der Waals surface area contributed by atoms with Gasteiger partial charge in [0, 0.05) is 19.5 Å². The Balaban J connectivity index is 3.40. The van der Waals surface area contributed by atoms with Crippen LogP contribution >= 0.6 is 0 Å². The van der Waals surface area contributed by atoms with Gasteiger partial charge in [-0.1, -0.05) is 13.8 Å². The van der Waals surface area contributed by atoms with Crippen molar-refractivity contribution in [3.05, 3.63) is 0 Å². The molecule has 4 N–H and O–H groups in total. The third-order valence-electron chi connectivity index (χ3n) is 1.57. The minimum atomic E-state index is -0.235. The summed E-state index contributed by atoms with van der Waals surface area (Å²) < 4.78 is 0. The van der Waals surface area contributed by atoms with Crippen molar-refractivity contribution in [2.45, 2.75) is 20.3 Å². The maximum absolute atomic E-state index is 11.1. The maximum Gasteiger partial charge on any atom is 0.233 e. The molecule has 0 bridgehead atoms. The molecule has 0 saturated heterocycles. The first-order valence-corrected chi connectivity index (χ1v) is 4.79. The van der Waals surface area contributed by atoms with Gasteiger partial charge in [0.1, 0.15) is 0 Å². The van der Waals surface area contributed by atoms with E-state index < -0.39 is 0 Å². The average molecular weight is 201 g/mol. The Kier molecular flexibility index (Phi) is 6.74. The van der Waals surface area contributed by atoms with Crippen LogP contribution in [0, 0.1) is 5.92 Å². The van der Waals surface area contributed by atoms with Crippen LogP contribution in [-0.4, -0.2) is 31.4 Å². The smallest absolute Gasteiger partial charge is 0.233 e. The van der Waals surface area contributed by atoms with Crippen LogP contribution in [0.1, 0.15) is 20.3 Å². The van der Waals surface area contributed by atoms with E-state index in [0.717, 1.165) is 0 Å². The molecule has 82 valence electrons. The Hall–Kier alpha value is -1.10. The van der Waals surface area contributed by atoms with Crippen molar-refractivity contribution in [3.63, 3.8) is 0 Å². The van der Waals surface area contributed by atoms with E-state index in [1.807, 2.05) is 13.8 Å². The SMILES string of the molecule is CC(C)CNC(=O)CCNC(=O)CN. The molecule has 0 aliphatic carbocycles. The van der Waals surface area contributed by atoms with E-state index in [-0.39, 0.29) is 18.4 Å². The Morgan fingerprint density at radius 1 is 1.21 bits per heavy atom. The van der Waals surface area contributed by atoms with E-state index in [4.69, 9.17) is 5.73 Å². The summed E-state index contributed by atoms with van der Waals surface area (Å²) in [5.74, 6) is 0.162. The Labute approximate surface area is 84.4 Å². The third-order valence-corrected chi connectivity index (χ3v) is 1.57. The highest BCUT2D eigenvalue weighted by Gasteiger charge is 2.02. The van der Waals surface area contributed by atoms with E-state index in [2.05, 4.69) is 10.6 Å². The molecule has 0 unspecified atom stereocenters. The summed E-state index contributed by atoms with van der Waals surface area (Å²) in [5, 5.41) is 5.28. The maximum atomic E-state index is 11.1. The van der Waals surface area contributed by atoms with Crippen molar-refractivity contribution in [2.24, 2.45) is 11.7 Å². The van der Waals surface area contributed by atoms with Gasteiger partial charge in [-0.05, 0) is 5.92 Å². The van der Waals surface area contributed by atoms with Crippen LogP contribution in [0.25, 0.3) is 0 Å². The number of carbonyl (C=O) groups excluding carboxylic acids is 2. The number of carbonyl (C=O) groups is 2. The molecular formula is C9H19N3O2. The van der Waals surface area contributed by atoms with Crippen molar-refractivity contribution >= 4 is 11.8 Å². The van der Waals surface area contributed by atoms with Gasteiger partial charge in [0.05, 0.1) is 6.54 Å². The summed E-state index contributed by atoms with van der Waals surface area (Å²) in [4.78, 5) is 21.8. The first-order valence-electron chi connectivity index (χ1n) is 4.79. The molecule has 0 aromatic carbocycles. The van der Waals surface area contributed by atoms with Crippen LogP contribution in [0.3, 0.4) is 0 Å². The summed E-state index contributed by atoms with van der Waals surface area (Å²) in [6, 6.07) is 0. The second kappa shape index (κ2) is 7.32. The minimum Gasteiger partial charge on any atom is -0.356 e. The fourth-order valence-corrected chi connectivity index (χ4v) is 0.794. The predicted octanol–water partition coefficient (Wildman–Crippen LogP) is -0.776. The normalized spacial score (nSPS) is 10.0. The van der Waals surface area contributed by atoms with Crippen LogP contribution in [0.2, 0.25) is 0 Å². The number of nitrogens with one attached hydrogen (secondary N) is 2. The van der Waals surface area contributed by atoms with Crippen molar-refractivity contribution in [2.75, 3.05) is 19.6 Å². The van der Waals surface area contributed by atoms with Crippen LogP contribution in [0.15, 0.2) is 0 Å². The second-order valence-electron chi connectivity index (χ2n) is 3.50. The van der Waals surface area contributed by atoms with Gasteiger partial charge in [-0.2, -0.15) is 0 Å². The van der Waals surface area contributed by atoms with Crippen LogP contribution in [0.5, 0.6) is 0 Å². The number of hydrogen-bond donors (Lipinski definition) is 3. The van der Waals surface area contributed by atoms with Crippen molar-refractivity contribution in [1.29, 1.82) is 0 Å². The fourth-order valence-electron chi connectivity index (χ4n) is 0.794. The van der Waals surface area contributed by atoms with Gasteiger partial charge in [0.15, 0.2) is 0 Å². The van der Waals surface area contributed by atoms with E-state index in [1.165, 1.54) is 0 Å². The molecule has 0 radical (unpaired) electrons.